The fourth-order valence-corrected chi connectivity index (χ4v) is 2.46. The molecule has 1 aliphatic carbocycles. The first-order valence-corrected chi connectivity index (χ1v) is 6.99. The van der Waals surface area contributed by atoms with Gasteiger partial charge in [-0.15, -0.1) is 0 Å². The van der Waals surface area contributed by atoms with Crippen LogP contribution in [0.15, 0.2) is 0 Å². The lowest BCUT2D eigenvalue weighted by atomic mass is 9.90. The Labute approximate surface area is 107 Å². The van der Waals surface area contributed by atoms with E-state index in [4.69, 9.17) is 0 Å². The van der Waals surface area contributed by atoms with Crippen LogP contribution < -0.4 is 5.32 Å². The van der Waals surface area contributed by atoms with E-state index in [0.29, 0.717) is 5.92 Å². The highest BCUT2D eigenvalue weighted by Gasteiger charge is 2.46. The van der Waals surface area contributed by atoms with E-state index in [1.165, 1.54) is 12.8 Å². The molecular weight excluding hydrogens is 212 g/mol. The van der Waals surface area contributed by atoms with Gasteiger partial charge in [0.05, 0.1) is 12.1 Å². The van der Waals surface area contributed by atoms with Crippen molar-refractivity contribution in [3.8, 4) is 0 Å². The second-order valence-electron chi connectivity index (χ2n) is 6.14. The standard InChI is InChI=1S/C14H30N2O/c1-6-13(3,4)16(5)10-14(11-17,15-7-2)12-8-9-12/h12,15,17H,6-11H2,1-5H3. The molecule has 0 amide bonds. The normalized spacial score (nSPS) is 20.6. The van der Waals surface area contributed by atoms with Gasteiger partial charge in [0.2, 0.25) is 0 Å². The van der Waals surface area contributed by atoms with E-state index in [0.717, 1.165) is 19.5 Å². The fourth-order valence-electron chi connectivity index (χ4n) is 2.46. The third kappa shape index (κ3) is 3.43. The molecule has 0 heterocycles. The molecule has 0 aromatic heterocycles. The van der Waals surface area contributed by atoms with E-state index in [9.17, 15) is 5.11 Å². The Morgan fingerprint density at radius 1 is 1.29 bits per heavy atom. The molecule has 3 nitrogen and oxygen atoms in total. The lowest BCUT2D eigenvalue weighted by Gasteiger charge is -2.43. The van der Waals surface area contributed by atoms with E-state index in [-0.39, 0.29) is 17.7 Å². The minimum absolute atomic E-state index is 0.0874. The minimum Gasteiger partial charge on any atom is -0.394 e. The minimum atomic E-state index is -0.0874. The van der Waals surface area contributed by atoms with Crippen molar-refractivity contribution in [1.29, 1.82) is 0 Å². The van der Waals surface area contributed by atoms with E-state index in [1.54, 1.807) is 0 Å². The van der Waals surface area contributed by atoms with E-state index >= 15 is 0 Å². The van der Waals surface area contributed by atoms with Crippen molar-refractivity contribution < 1.29 is 5.11 Å². The smallest absolute Gasteiger partial charge is 0.0628 e. The molecule has 17 heavy (non-hydrogen) atoms. The summed E-state index contributed by atoms with van der Waals surface area (Å²) < 4.78 is 0. The Balaban J connectivity index is 2.71. The molecule has 1 fully saturated rings. The van der Waals surface area contributed by atoms with Crippen molar-refractivity contribution in [3.05, 3.63) is 0 Å². The molecular formula is C14H30N2O. The molecule has 2 N–H and O–H groups in total. The van der Waals surface area contributed by atoms with Crippen molar-refractivity contribution in [3.63, 3.8) is 0 Å². The van der Waals surface area contributed by atoms with Crippen molar-refractivity contribution in [2.75, 3.05) is 26.7 Å². The maximum Gasteiger partial charge on any atom is 0.0628 e. The maximum absolute atomic E-state index is 9.82. The predicted molar refractivity (Wildman–Crippen MR) is 73.2 cm³/mol. The Bertz CT molecular complexity index is 238. The summed E-state index contributed by atoms with van der Waals surface area (Å²) in [7, 11) is 2.17. The average Bonchev–Trinajstić information content (AvgIpc) is 3.12. The number of hydrogen-bond donors (Lipinski definition) is 2. The first-order chi connectivity index (χ1) is 7.91. The van der Waals surface area contributed by atoms with Gasteiger partial charge in [0.1, 0.15) is 0 Å². The quantitative estimate of drug-likeness (QED) is 0.682. The van der Waals surface area contributed by atoms with Crippen LogP contribution in [0.5, 0.6) is 0 Å². The van der Waals surface area contributed by atoms with E-state index in [1.807, 2.05) is 0 Å². The van der Waals surface area contributed by atoms with Crippen LogP contribution in [0.25, 0.3) is 0 Å². The van der Waals surface area contributed by atoms with Gasteiger partial charge in [-0.2, -0.15) is 0 Å². The molecule has 1 aliphatic rings. The van der Waals surface area contributed by atoms with Gasteiger partial charge in [0, 0.05) is 12.1 Å². The summed E-state index contributed by atoms with van der Waals surface area (Å²) in [5.74, 6) is 0.655. The van der Waals surface area contributed by atoms with E-state index < -0.39 is 0 Å². The molecule has 0 aliphatic heterocycles. The highest BCUT2D eigenvalue weighted by atomic mass is 16.3. The SMILES string of the molecule is CCNC(CO)(CN(C)C(C)(C)CC)C1CC1. The number of nitrogens with one attached hydrogen (secondary N) is 1. The molecule has 1 saturated carbocycles. The molecule has 0 bridgehead atoms. The van der Waals surface area contributed by atoms with Crippen LogP contribution in [-0.2, 0) is 0 Å². The lowest BCUT2D eigenvalue weighted by molar-refractivity contribution is 0.0560. The van der Waals surface area contributed by atoms with Gasteiger partial charge in [-0.25, -0.2) is 0 Å². The lowest BCUT2D eigenvalue weighted by Crippen LogP contribution is -2.60. The van der Waals surface area contributed by atoms with Crippen molar-refractivity contribution in [1.82, 2.24) is 10.2 Å². The Morgan fingerprint density at radius 3 is 2.24 bits per heavy atom. The molecule has 0 aromatic rings. The summed E-state index contributed by atoms with van der Waals surface area (Å²) in [6.45, 7) is 11.0. The zero-order valence-corrected chi connectivity index (χ0v) is 12.2. The number of aliphatic hydroxyl groups excluding tert-OH is 1. The van der Waals surface area contributed by atoms with Gasteiger partial charge < -0.3 is 10.4 Å². The second kappa shape index (κ2) is 5.68. The summed E-state index contributed by atoms with van der Waals surface area (Å²) in [6, 6.07) is 0. The third-order valence-electron chi connectivity index (χ3n) is 4.59. The molecule has 0 radical (unpaired) electrons. The number of aliphatic hydroxyl groups is 1. The van der Waals surface area contributed by atoms with Gasteiger partial charge >= 0.3 is 0 Å². The number of rotatable bonds is 8. The van der Waals surface area contributed by atoms with Crippen LogP contribution >= 0.6 is 0 Å². The first-order valence-electron chi connectivity index (χ1n) is 6.99. The van der Waals surface area contributed by atoms with Crippen LogP contribution in [0.1, 0.15) is 47.0 Å². The molecule has 0 spiro atoms. The van der Waals surface area contributed by atoms with Gasteiger partial charge in [0.25, 0.3) is 0 Å². The third-order valence-corrected chi connectivity index (χ3v) is 4.59. The largest absolute Gasteiger partial charge is 0.394 e. The molecule has 1 atom stereocenters. The number of likely N-dealkylation sites (N-methyl/N-ethyl adjacent to an activating group) is 2. The highest BCUT2D eigenvalue weighted by Crippen LogP contribution is 2.40. The molecule has 0 aromatic carbocycles. The first kappa shape index (κ1) is 14.9. The van der Waals surface area contributed by atoms with Crippen LogP contribution in [0.3, 0.4) is 0 Å². The van der Waals surface area contributed by atoms with Crippen molar-refractivity contribution in [2.24, 2.45) is 5.92 Å². The second-order valence-corrected chi connectivity index (χ2v) is 6.14. The van der Waals surface area contributed by atoms with Crippen molar-refractivity contribution >= 4 is 0 Å². The summed E-state index contributed by atoms with van der Waals surface area (Å²) in [5, 5.41) is 13.4. The summed E-state index contributed by atoms with van der Waals surface area (Å²) in [6.07, 6.45) is 3.64. The average molecular weight is 242 g/mol. The highest BCUT2D eigenvalue weighted by molar-refractivity contribution is 5.03. The predicted octanol–water partition coefficient (Wildman–Crippen LogP) is 1.86. The fraction of sp³-hybridized carbons (Fsp3) is 1.00. The number of nitrogens with zero attached hydrogens (tertiary/aromatic N) is 1. The monoisotopic (exact) mass is 242 g/mol. The summed E-state index contributed by atoms with van der Waals surface area (Å²) in [5.41, 5.74) is 0.112. The van der Waals surface area contributed by atoms with Crippen LogP contribution in [-0.4, -0.2) is 47.8 Å². The molecule has 1 unspecified atom stereocenters. The summed E-state index contributed by atoms with van der Waals surface area (Å²) in [4.78, 5) is 2.39. The van der Waals surface area contributed by atoms with Crippen LogP contribution in [0.2, 0.25) is 0 Å². The van der Waals surface area contributed by atoms with Gasteiger partial charge in [-0.3, -0.25) is 4.90 Å². The Morgan fingerprint density at radius 2 is 1.88 bits per heavy atom. The summed E-state index contributed by atoms with van der Waals surface area (Å²) >= 11 is 0. The van der Waals surface area contributed by atoms with Gasteiger partial charge in [0.15, 0.2) is 0 Å². The van der Waals surface area contributed by atoms with Crippen LogP contribution in [0.4, 0.5) is 0 Å². The van der Waals surface area contributed by atoms with E-state index in [2.05, 4.69) is 45.0 Å². The molecule has 102 valence electrons. The molecule has 3 heteroatoms. The Kier molecular flexibility index (Phi) is 4.99. The molecule has 1 rings (SSSR count). The zero-order valence-electron chi connectivity index (χ0n) is 12.2. The van der Waals surface area contributed by atoms with Gasteiger partial charge in [-0.05, 0) is 52.6 Å². The topological polar surface area (TPSA) is 35.5 Å². The maximum atomic E-state index is 9.82. The van der Waals surface area contributed by atoms with Crippen molar-refractivity contribution in [2.45, 2.75) is 58.0 Å². The number of hydrogen-bond acceptors (Lipinski definition) is 3. The Hall–Kier alpha value is -0.120. The molecule has 0 saturated heterocycles. The van der Waals surface area contributed by atoms with Gasteiger partial charge in [-0.1, -0.05) is 13.8 Å². The zero-order chi connectivity index (χ0) is 13.1. The van der Waals surface area contributed by atoms with Crippen LogP contribution in [0, 0.1) is 5.92 Å².